The van der Waals surface area contributed by atoms with E-state index in [4.69, 9.17) is 4.74 Å². The number of para-hydroxylation sites is 1. The second kappa shape index (κ2) is 4.57. The molecule has 0 saturated carbocycles. The Morgan fingerprint density at radius 1 is 1.33 bits per heavy atom. The van der Waals surface area contributed by atoms with Gasteiger partial charge in [0.1, 0.15) is 16.1 Å². The molecular formula is C13H12N2O2S. The number of esters is 1. The minimum absolute atomic E-state index is 0.136. The second-order valence-corrected chi connectivity index (χ2v) is 5.35. The molecule has 0 unspecified atom stereocenters. The van der Waals surface area contributed by atoms with Crippen molar-refractivity contribution in [2.75, 3.05) is 6.61 Å². The molecule has 0 bridgehead atoms. The van der Waals surface area contributed by atoms with E-state index in [-0.39, 0.29) is 11.2 Å². The van der Waals surface area contributed by atoms with Crippen molar-refractivity contribution >= 4 is 28.6 Å². The van der Waals surface area contributed by atoms with Gasteiger partial charge in [-0.1, -0.05) is 30.0 Å². The lowest BCUT2D eigenvalue weighted by Crippen LogP contribution is -2.10. The fourth-order valence-corrected chi connectivity index (χ4v) is 3.10. The Labute approximate surface area is 109 Å². The van der Waals surface area contributed by atoms with Gasteiger partial charge in [0.25, 0.3) is 0 Å². The number of fused-ring (bicyclic) bond motifs is 1. The molecule has 0 amide bonds. The zero-order valence-corrected chi connectivity index (χ0v) is 10.7. The molecule has 3 rings (SSSR count). The number of carbonyl (C=O) groups excluding carboxylic acids is 1. The highest BCUT2D eigenvalue weighted by Gasteiger charge is 2.28. The van der Waals surface area contributed by atoms with Gasteiger partial charge < -0.3 is 4.74 Å². The molecule has 1 aliphatic rings. The number of hydrogen-bond acceptors (Lipinski definition) is 5. The van der Waals surface area contributed by atoms with Gasteiger partial charge in [0.2, 0.25) is 0 Å². The first kappa shape index (κ1) is 11.5. The first-order valence-corrected chi connectivity index (χ1v) is 6.69. The summed E-state index contributed by atoms with van der Waals surface area (Å²) in [6, 6.07) is 7.85. The van der Waals surface area contributed by atoms with Gasteiger partial charge in [0.05, 0.1) is 12.1 Å². The third-order valence-electron chi connectivity index (χ3n) is 2.82. The fraction of sp³-hybridized carbons (Fsp3) is 0.308. The number of rotatable bonds is 2. The van der Waals surface area contributed by atoms with Crippen molar-refractivity contribution in [3.63, 3.8) is 0 Å². The first-order chi connectivity index (χ1) is 8.74. The van der Waals surface area contributed by atoms with Crippen LogP contribution in [0.4, 0.5) is 0 Å². The Bertz CT molecular complexity index is 615. The van der Waals surface area contributed by atoms with Crippen LogP contribution in [0.1, 0.15) is 12.2 Å². The van der Waals surface area contributed by atoms with Crippen LogP contribution in [-0.4, -0.2) is 27.8 Å². The highest BCUT2D eigenvalue weighted by Crippen LogP contribution is 2.32. The zero-order chi connectivity index (χ0) is 12.5. The van der Waals surface area contributed by atoms with Crippen molar-refractivity contribution < 1.29 is 9.53 Å². The molecular weight excluding hydrogens is 248 g/mol. The molecule has 4 nitrogen and oxygen atoms in total. The molecule has 1 aliphatic heterocycles. The van der Waals surface area contributed by atoms with Gasteiger partial charge in [-0.15, -0.1) is 0 Å². The summed E-state index contributed by atoms with van der Waals surface area (Å²) in [4.78, 5) is 20.3. The van der Waals surface area contributed by atoms with Crippen LogP contribution >= 0.6 is 11.8 Å². The predicted molar refractivity (Wildman–Crippen MR) is 69.5 cm³/mol. The molecule has 18 heavy (non-hydrogen) atoms. The molecule has 5 heteroatoms. The van der Waals surface area contributed by atoms with E-state index in [9.17, 15) is 4.79 Å². The van der Waals surface area contributed by atoms with Gasteiger partial charge in [0, 0.05) is 11.8 Å². The third-order valence-corrected chi connectivity index (χ3v) is 4.07. The molecule has 0 spiro atoms. The average molecular weight is 260 g/mol. The SMILES string of the molecule is Cc1nc(S[C@H]2CCOC2=O)c2ccccc2n1. The van der Waals surface area contributed by atoms with Crippen LogP contribution in [0.25, 0.3) is 10.9 Å². The van der Waals surface area contributed by atoms with Gasteiger partial charge >= 0.3 is 5.97 Å². The molecule has 92 valence electrons. The van der Waals surface area contributed by atoms with Gasteiger partial charge in [-0.3, -0.25) is 4.79 Å². The summed E-state index contributed by atoms with van der Waals surface area (Å²) < 4.78 is 4.98. The quantitative estimate of drug-likeness (QED) is 0.613. The number of ether oxygens (including phenoxy) is 1. The van der Waals surface area contributed by atoms with Crippen molar-refractivity contribution in [3.8, 4) is 0 Å². The second-order valence-electron chi connectivity index (χ2n) is 4.16. The van der Waals surface area contributed by atoms with Crippen molar-refractivity contribution in [1.82, 2.24) is 9.97 Å². The lowest BCUT2D eigenvalue weighted by Gasteiger charge is -2.08. The average Bonchev–Trinajstić information content (AvgIpc) is 2.75. The molecule has 1 fully saturated rings. The fourth-order valence-electron chi connectivity index (χ4n) is 1.97. The summed E-state index contributed by atoms with van der Waals surface area (Å²) >= 11 is 1.48. The normalized spacial score (nSPS) is 19.2. The lowest BCUT2D eigenvalue weighted by atomic mass is 10.2. The van der Waals surface area contributed by atoms with Crippen LogP contribution in [0, 0.1) is 6.92 Å². The topological polar surface area (TPSA) is 52.1 Å². The molecule has 1 aromatic carbocycles. The van der Waals surface area contributed by atoms with E-state index in [2.05, 4.69) is 9.97 Å². The third kappa shape index (κ3) is 2.06. The van der Waals surface area contributed by atoms with Crippen LogP contribution in [0.5, 0.6) is 0 Å². The van der Waals surface area contributed by atoms with Crippen molar-refractivity contribution in [3.05, 3.63) is 30.1 Å². The van der Waals surface area contributed by atoms with Crippen molar-refractivity contribution in [2.45, 2.75) is 23.6 Å². The van der Waals surface area contributed by atoms with E-state index in [0.29, 0.717) is 6.61 Å². The lowest BCUT2D eigenvalue weighted by molar-refractivity contribution is -0.137. The maximum absolute atomic E-state index is 11.5. The Morgan fingerprint density at radius 2 is 2.17 bits per heavy atom. The highest BCUT2D eigenvalue weighted by atomic mass is 32.2. The van der Waals surface area contributed by atoms with Crippen LogP contribution in [-0.2, 0) is 9.53 Å². The highest BCUT2D eigenvalue weighted by molar-refractivity contribution is 8.00. The number of nitrogens with zero attached hydrogens (tertiary/aromatic N) is 2. The first-order valence-electron chi connectivity index (χ1n) is 5.81. The Kier molecular flexibility index (Phi) is 2.91. The van der Waals surface area contributed by atoms with Crippen molar-refractivity contribution in [1.29, 1.82) is 0 Å². The summed E-state index contributed by atoms with van der Waals surface area (Å²) in [6.07, 6.45) is 0.751. The molecule has 0 N–H and O–H groups in total. The number of hydrogen-bond donors (Lipinski definition) is 0. The Morgan fingerprint density at radius 3 is 2.94 bits per heavy atom. The summed E-state index contributed by atoms with van der Waals surface area (Å²) in [5, 5.41) is 1.72. The van der Waals surface area contributed by atoms with Gasteiger partial charge in [-0.2, -0.15) is 0 Å². The van der Waals surface area contributed by atoms with E-state index < -0.39 is 0 Å². The van der Waals surface area contributed by atoms with Crippen molar-refractivity contribution in [2.24, 2.45) is 0 Å². The molecule has 0 radical (unpaired) electrons. The van der Waals surface area contributed by atoms with Crippen LogP contribution in [0.15, 0.2) is 29.3 Å². The summed E-state index contributed by atoms with van der Waals surface area (Å²) in [5.74, 6) is 0.586. The molecule has 1 saturated heterocycles. The monoisotopic (exact) mass is 260 g/mol. The minimum Gasteiger partial charge on any atom is -0.465 e. The maximum Gasteiger partial charge on any atom is 0.319 e. The van der Waals surface area contributed by atoms with E-state index in [1.807, 2.05) is 31.2 Å². The van der Waals surface area contributed by atoms with Gasteiger partial charge in [-0.25, -0.2) is 9.97 Å². The minimum atomic E-state index is -0.139. The van der Waals surface area contributed by atoms with Gasteiger partial charge in [-0.05, 0) is 13.0 Å². The zero-order valence-electron chi connectivity index (χ0n) is 9.92. The van der Waals surface area contributed by atoms with Crippen LogP contribution in [0.3, 0.4) is 0 Å². The standard InChI is InChI=1S/C13H12N2O2S/c1-8-14-10-5-3-2-4-9(10)12(15-8)18-11-6-7-17-13(11)16/h2-5,11H,6-7H2,1H3/t11-/m0/s1. The summed E-state index contributed by atoms with van der Waals surface area (Å²) in [6.45, 7) is 2.38. The molecule has 0 aliphatic carbocycles. The van der Waals surface area contributed by atoms with Crippen LogP contribution in [0.2, 0.25) is 0 Å². The molecule has 1 atom stereocenters. The van der Waals surface area contributed by atoms with Crippen LogP contribution < -0.4 is 0 Å². The number of thioether (sulfide) groups is 1. The largest absolute Gasteiger partial charge is 0.465 e. The van der Waals surface area contributed by atoms with Gasteiger partial charge in [0.15, 0.2) is 0 Å². The number of cyclic esters (lactones) is 1. The van der Waals surface area contributed by atoms with E-state index in [0.717, 1.165) is 28.2 Å². The summed E-state index contributed by atoms with van der Waals surface area (Å²) in [7, 11) is 0. The number of carbonyl (C=O) groups is 1. The maximum atomic E-state index is 11.5. The Balaban J connectivity index is 2.02. The summed E-state index contributed by atoms with van der Waals surface area (Å²) in [5.41, 5.74) is 0.916. The Hall–Kier alpha value is -1.62. The predicted octanol–water partition coefficient (Wildman–Crippen LogP) is 2.35. The smallest absolute Gasteiger partial charge is 0.319 e. The molecule has 2 aromatic rings. The van der Waals surface area contributed by atoms with E-state index in [1.54, 1.807) is 0 Å². The molecule has 1 aromatic heterocycles. The van der Waals surface area contributed by atoms with E-state index >= 15 is 0 Å². The van der Waals surface area contributed by atoms with E-state index in [1.165, 1.54) is 11.8 Å². The number of benzene rings is 1. The number of aryl methyl sites for hydroxylation is 1. The molecule has 2 heterocycles. The number of aromatic nitrogens is 2.